The number of hydrogen-bond acceptors (Lipinski definition) is 1. The Labute approximate surface area is 88.3 Å². The second kappa shape index (κ2) is 5.51. The molecule has 0 bridgehead atoms. The lowest BCUT2D eigenvalue weighted by atomic mass is 10.3. The number of hydrogen-bond donors (Lipinski definition) is 1. The summed E-state index contributed by atoms with van der Waals surface area (Å²) in [5.41, 5.74) is 0.814. The molecule has 0 aromatic heterocycles. The Balaban J connectivity index is 2.50. The zero-order valence-electron chi connectivity index (χ0n) is 7.90. The maximum atomic E-state index is 12.8. The van der Waals surface area contributed by atoms with E-state index in [2.05, 4.69) is 17.2 Å². The molecule has 1 aromatic rings. The molecule has 14 heavy (non-hydrogen) atoms. The number of rotatable bonds is 3. The summed E-state index contributed by atoms with van der Waals surface area (Å²) in [6, 6.07) is 4.56. The van der Waals surface area contributed by atoms with Gasteiger partial charge in [0.05, 0.1) is 5.02 Å². The Morgan fingerprint density at radius 1 is 1.50 bits per heavy atom. The lowest BCUT2D eigenvalue weighted by Crippen LogP contribution is -2.00. The normalized spacial score (nSPS) is 9.07. The second-order valence-corrected chi connectivity index (χ2v) is 3.14. The molecule has 1 nitrogen and oxygen atoms in total. The highest BCUT2D eigenvalue weighted by atomic mass is 35.5. The maximum Gasteiger partial charge on any atom is 0.141 e. The van der Waals surface area contributed by atoms with Crippen molar-refractivity contribution in [2.24, 2.45) is 0 Å². The maximum absolute atomic E-state index is 12.8. The minimum Gasteiger partial charge on any atom is -0.384 e. The molecule has 3 heteroatoms. The molecule has 0 unspecified atom stereocenters. The average molecular weight is 212 g/mol. The number of anilines is 1. The minimum absolute atomic E-state index is 0.136. The van der Waals surface area contributed by atoms with Crippen molar-refractivity contribution >= 4 is 17.3 Å². The third-order valence-corrected chi connectivity index (χ3v) is 1.97. The first-order valence-electron chi connectivity index (χ1n) is 4.32. The average Bonchev–Trinajstić information content (AvgIpc) is 2.18. The summed E-state index contributed by atoms with van der Waals surface area (Å²) in [7, 11) is 0. The molecule has 0 saturated carbocycles. The van der Waals surface area contributed by atoms with E-state index >= 15 is 0 Å². The molecule has 0 fully saturated rings. The molecule has 74 valence electrons. The van der Waals surface area contributed by atoms with Gasteiger partial charge in [0.2, 0.25) is 0 Å². The molecule has 1 aromatic carbocycles. The zero-order chi connectivity index (χ0) is 10.4. The van der Waals surface area contributed by atoms with Crippen LogP contribution in [0.1, 0.15) is 13.3 Å². The largest absolute Gasteiger partial charge is 0.384 e. The van der Waals surface area contributed by atoms with Gasteiger partial charge in [-0.05, 0) is 25.1 Å². The summed E-state index contributed by atoms with van der Waals surface area (Å²) >= 11 is 5.61. The van der Waals surface area contributed by atoms with E-state index in [1.54, 1.807) is 19.1 Å². The van der Waals surface area contributed by atoms with Crippen LogP contribution in [0.4, 0.5) is 10.1 Å². The van der Waals surface area contributed by atoms with Crippen molar-refractivity contribution in [1.82, 2.24) is 0 Å². The Morgan fingerprint density at radius 2 is 2.29 bits per heavy atom. The van der Waals surface area contributed by atoms with E-state index in [-0.39, 0.29) is 5.02 Å². The third-order valence-electron chi connectivity index (χ3n) is 1.68. The number of halogens is 2. The van der Waals surface area contributed by atoms with Gasteiger partial charge in [-0.1, -0.05) is 11.6 Å². The number of benzene rings is 1. The Kier molecular flexibility index (Phi) is 4.28. The van der Waals surface area contributed by atoms with Gasteiger partial charge in [0, 0.05) is 18.7 Å². The first kappa shape index (κ1) is 10.9. The van der Waals surface area contributed by atoms with Crippen LogP contribution in [0.3, 0.4) is 0 Å². The smallest absolute Gasteiger partial charge is 0.141 e. The predicted octanol–water partition coefficient (Wildman–Crippen LogP) is 3.30. The molecule has 1 N–H and O–H groups in total. The minimum atomic E-state index is -0.398. The fourth-order valence-electron chi connectivity index (χ4n) is 1.00. The molecule has 0 saturated heterocycles. The van der Waals surface area contributed by atoms with Crippen LogP contribution in [0.15, 0.2) is 18.2 Å². The monoisotopic (exact) mass is 211 g/mol. The Bertz CT molecular complexity index is 365. The highest BCUT2D eigenvalue weighted by Gasteiger charge is 1.99. The summed E-state index contributed by atoms with van der Waals surface area (Å²) in [6.45, 7) is 2.54. The first-order valence-corrected chi connectivity index (χ1v) is 4.70. The fraction of sp³-hybridized carbons (Fsp3) is 0.273. The predicted molar refractivity (Wildman–Crippen MR) is 58.0 cm³/mol. The summed E-state index contributed by atoms with van der Waals surface area (Å²) in [5, 5.41) is 3.23. The molecule has 0 aliphatic carbocycles. The Hall–Kier alpha value is -1.20. The summed E-state index contributed by atoms with van der Waals surface area (Å²) in [4.78, 5) is 0. The van der Waals surface area contributed by atoms with Crippen molar-refractivity contribution in [2.45, 2.75) is 13.3 Å². The second-order valence-electron chi connectivity index (χ2n) is 2.73. The van der Waals surface area contributed by atoms with Crippen LogP contribution >= 0.6 is 11.6 Å². The highest BCUT2D eigenvalue weighted by Crippen LogP contribution is 2.18. The number of nitrogens with one attached hydrogen (secondary N) is 1. The molecule has 0 radical (unpaired) electrons. The Morgan fingerprint density at radius 3 is 2.93 bits per heavy atom. The van der Waals surface area contributed by atoms with Gasteiger partial charge in [0.25, 0.3) is 0 Å². The lowest BCUT2D eigenvalue weighted by Gasteiger charge is -2.04. The van der Waals surface area contributed by atoms with E-state index in [4.69, 9.17) is 11.6 Å². The standard InChI is InChI=1S/C11H11ClFN/c1-2-3-4-7-14-9-5-6-11(13)10(12)8-9/h5-6,8,14H,4,7H2,1H3. The van der Waals surface area contributed by atoms with Crippen molar-refractivity contribution in [3.8, 4) is 11.8 Å². The van der Waals surface area contributed by atoms with Crippen LogP contribution in [0.25, 0.3) is 0 Å². The fourth-order valence-corrected chi connectivity index (χ4v) is 1.18. The van der Waals surface area contributed by atoms with Gasteiger partial charge in [-0.15, -0.1) is 11.8 Å². The van der Waals surface area contributed by atoms with Gasteiger partial charge in [0.1, 0.15) is 5.82 Å². The van der Waals surface area contributed by atoms with Crippen LogP contribution in [0.5, 0.6) is 0 Å². The van der Waals surface area contributed by atoms with Gasteiger partial charge in [-0.2, -0.15) is 0 Å². The van der Waals surface area contributed by atoms with Crippen molar-refractivity contribution in [1.29, 1.82) is 0 Å². The van der Waals surface area contributed by atoms with Crippen LogP contribution in [0.2, 0.25) is 5.02 Å². The van der Waals surface area contributed by atoms with E-state index in [1.165, 1.54) is 6.07 Å². The third kappa shape index (κ3) is 3.27. The lowest BCUT2D eigenvalue weighted by molar-refractivity contribution is 0.628. The topological polar surface area (TPSA) is 12.0 Å². The van der Waals surface area contributed by atoms with E-state index < -0.39 is 5.82 Å². The van der Waals surface area contributed by atoms with Gasteiger partial charge in [-0.25, -0.2) is 4.39 Å². The van der Waals surface area contributed by atoms with Crippen LogP contribution in [-0.4, -0.2) is 6.54 Å². The molecule has 0 amide bonds. The van der Waals surface area contributed by atoms with Gasteiger partial charge in [-0.3, -0.25) is 0 Å². The van der Waals surface area contributed by atoms with Crippen molar-refractivity contribution in [3.05, 3.63) is 29.0 Å². The summed E-state index contributed by atoms with van der Waals surface area (Å²) < 4.78 is 12.8. The molecule has 0 spiro atoms. The molecule has 0 atom stereocenters. The van der Waals surface area contributed by atoms with Gasteiger partial charge in [0.15, 0.2) is 0 Å². The van der Waals surface area contributed by atoms with Crippen LogP contribution in [0, 0.1) is 17.7 Å². The highest BCUT2D eigenvalue weighted by molar-refractivity contribution is 6.31. The molecular formula is C11H11ClFN. The van der Waals surface area contributed by atoms with E-state index in [0.29, 0.717) is 0 Å². The molecule has 0 aliphatic rings. The van der Waals surface area contributed by atoms with E-state index in [1.807, 2.05) is 0 Å². The molecular weight excluding hydrogens is 201 g/mol. The molecule has 0 aliphatic heterocycles. The van der Waals surface area contributed by atoms with Crippen molar-refractivity contribution < 1.29 is 4.39 Å². The van der Waals surface area contributed by atoms with E-state index in [9.17, 15) is 4.39 Å². The van der Waals surface area contributed by atoms with Gasteiger partial charge < -0.3 is 5.32 Å². The summed E-state index contributed by atoms with van der Waals surface area (Å²) in [6.07, 6.45) is 0.769. The molecule has 1 rings (SSSR count). The zero-order valence-corrected chi connectivity index (χ0v) is 8.66. The van der Waals surface area contributed by atoms with E-state index in [0.717, 1.165) is 18.7 Å². The first-order chi connectivity index (χ1) is 6.74. The van der Waals surface area contributed by atoms with Gasteiger partial charge >= 0.3 is 0 Å². The SMILES string of the molecule is CC#CCCNc1ccc(F)c(Cl)c1. The van der Waals surface area contributed by atoms with Crippen molar-refractivity contribution in [2.75, 3.05) is 11.9 Å². The summed E-state index contributed by atoms with van der Waals surface area (Å²) in [5.74, 6) is 5.33. The van der Waals surface area contributed by atoms with Crippen molar-refractivity contribution in [3.63, 3.8) is 0 Å². The molecule has 0 heterocycles. The van der Waals surface area contributed by atoms with Crippen LogP contribution in [-0.2, 0) is 0 Å². The van der Waals surface area contributed by atoms with Crippen LogP contribution < -0.4 is 5.32 Å². The quantitative estimate of drug-likeness (QED) is 0.598.